The molecule has 0 saturated carbocycles. The van der Waals surface area contributed by atoms with Gasteiger partial charge in [0.1, 0.15) is 6.10 Å². The molecule has 0 aromatic heterocycles. The number of hydrogen-bond donors (Lipinski definition) is 0. The maximum absolute atomic E-state index is 13.4. The first-order valence-electron chi connectivity index (χ1n) is 10.5. The summed E-state index contributed by atoms with van der Waals surface area (Å²) in [4.78, 5) is 17.9. The Morgan fingerprint density at radius 1 is 1.07 bits per heavy atom. The van der Waals surface area contributed by atoms with Gasteiger partial charge in [-0.25, -0.2) is 0 Å². The van der Waals surface area contributed by atoms with Crippen LogP contribution >= 0.6 is 11.6 Å². The van der Waals surface area contributed by atoms with Gasteiger partial charge in [0.2, 0.25) is 5.91 Å². The van der Waals surface area contributed by atoms with Crippen LogP contribution in [-0.4, -0.2) is 48.5 Å². The van der Waals surface area contributed by atoms with Gasteiger partial charge in [0.05, 0.1) is 13.2 Å². The first-order valence-corrected chi connectivity index (χ1v) is 10.8. The third kappa shape index (κ3) is 4.82. The van der Waals surface area contributed by atoms with Crippen LogP contribution in [0.25, 0.3) is 0 Å². The normalized spacial score (nSPS) is 22.4. The molecule has 1 amide bonds. The Morgan fingerprint density at radius 2 is 1.76 bits per heavy atom. The number of rotatable bonds is 4. The quantitative estimate of drug-likeness (QED) is 0.738. The predicted molar refractivity (Wildman–Crippen MR) is 116 cm³/mol. The third-order valence-corrected chi connectivity index (χ3v) is 6.57. The van der Waals surface area contributed by atoms with Crippen molar-refractivity contribution in [1.29, 1.82) is 0 Å². The van der Waals surface area contributed by atoms with Crippen LogP contribution in [0.4, 0.5) is 0 Å². The highest BCUT2D eigenvalue weighted by molar-refractivity contribution is 6.30. The van der Waals surface area contributed by atoms with Gasteiger partial charge in [-0.15, -0.1) is 0 Å². The molecule has 2 aromatic carbocycles. The van der Waals surface area contributed by atoms with E-state index < -0.39 is 0 Å². The molecule has 2 aromatic rings. The molecule has 0 N–H and O–H groups in total. The SMILES string of the molecule is CC1(C(=O)N2CCO[C@@H](c3ccc(Cl)cc3)C2)CCN(Cc2ccccc2)CC1. The van der Waals surface area contributed by atoms with Crippen molar-refractivity contribution in [2.75, 3.05) is 32.8 Å². The molecule has 0 aliphatic carbocycles. The molecular weight excluding hydrogens is 384 g/mol. The number of carbonyl (C=O) groups is 1. The van der Waals surface area contributed by atoms with E-state index in [9.17, 15) is 4.79 Å². The summed E-state index contributed by atoms with van der Waals surface area (Å²) < 4.78 is 5.94. The second-order valence-electron chi connectivity index (χ2n) is 8.48. The Bertz CT molecular complexity index is 817. The van der Waals surface area contributed by atoms with Gasteiger partial charge >= 0.3 is 0 Å². The summed E-state index contributed by atoms with van der Waals surface area (Å²) in [6, 6.07) is 18.3. The average molecular weight is 413 g/mol. The number of amides is 1. The molecule has 2 aliphatic rings. The number of carbonyl (C=O) groups excluding carboxylic acids is 1. The van der Waals surface area contributed by atoms with Crippen molar-refractivity contribution in [3.8, 4) is 0 Å². The lowest BCUT2D eigenvalue weighted by Crippen LogP contribution is -2.52. The first kappa shape index (κ1) is 20.4. The highest BCUT2D eigenvalue weighted by Crippen LogP contribution is 2.35. The summed E-state index contributed by atoms with van der Waals surface area (Å²) in [6.07, 6.45) is 1.73. The lowest BCUT2D eigenvalue weighted by Gasteiger charge is -2.43. The molecular formula is C24H29ClN2O2. The molecule has 4 nitrogen and oxygen atoms in total. The van der Waals surface area contributed by atoms with Gasteiger partial charge in [0, 0.05) is 23.5 Å². The van der Waals surface area contributed by atoms with Gasteiger partial charge in [-0.1, -0.05) is 61.0 Å². The Balaban J connectivity index is 1.35. The van der Waals surface area contributed by atoms with Crippen LogP contribution in [-0.2, 0) is 16.1 Å². The average Bonchev–Trinajstić information content (AvgIpc) is 2.76. The zero-order valence-electron chi connectivity index (χ0n) is 17.0. The number of piperidine rings is 1. The minimum absolute atomic E-state index is 0.0771. The molecule has 0 spiro atoms. The van der Waals surface area contributed by atoms with Crippen molar-refractivity contribution in [1.82, 2.24) is 9.80 Å². The minimum atomic E-state index is -0.283. The highest BCUT2D eigenvalue weighted by Gasteiger charge is 2.41. The molecule has 2 saturated heterocycles. The summed E-state index contributed by atoms with van der Waals surface area (Å²) in [6.45, 7) is 6.89. The van der Waals surface area contributed by atoms with Crippen LogP contribution in [0, 0.1) is 5.41 Å². The number of nitrogens with zero attached hydrogens (tertiary/aromatic N) is 2. The smallest absolute Gasteiger partial charge is 0.228 e. The summed E-state index contributed by atoms with van der Waals surface area (Å²) >= 11 is 6.00. The number of benzene rings is 2. The van der Waals surface area contributed by atoms with Gasteiger partial charge in [-0.05, 0) is 49.2 Å². The molecule has 2 aliphatic heterocycles. The number of morpholine rings is 1. The maximum atomic E-state index is 13.4. The first-order chi connectivity index (χ1) is 14.0. The Morgan fingerprint density at radius 3 is 2.45 bits per heavy atom. The minimum Gasteiger partial charge on any atom is -0.370 e. The van der Waals surface area contributed by atoms with Crippen molar-refractivity contribution in [2.45, 2.75) is 32.4 Å². The second kappa shape index (κ2) is 8.86. The van der Waals surface area contributed by atoms with Gasteiger partial charge in [-0.3, -0.25) is 9.69 Å². The van der Waals surface area contributed by atoms with Crippen LogP contribution in [0.15, 0.2) is 54.6 Å². The largest absolute Gasteiger partial charge is 0.370 e. The van der Waals surface area contributed by atoms with E-state index in [0.717, 1.165) is 38.0 Å². The summed E-state index contributed by atoms with van der Waals surface area (Å²) in [5, 5.41) is 0.715. The number of likely N-dealkylation sites (tertiary alicyclic amines) is 1. The lowest BCUT2D eigenvalue weighted by atomic mass is 9.78. The van der Waals surface area contributed by atoms with Crippen molar-refractivity contribution >= 4 is 17.5 Å². The zero-order chi connectivity index (χ0) is 20.3. The molecule has 2 fully saturated rings. The lowest BCUT2D eigenvalue weighted by molar-refractivity contribution is -0.151. The Labute approximate surface area is 178 Å². The summed E-state index contributed by atoms with van der Waals surface area (Å²) in [5.74, 6) is 0.277. The van der Waals surface area contributed by atoms with Crippen molar-refractivity contribution in [3.63, 3.8) is 0 Å². The molecule has 5 heteroatoms. The molecule has 29 heavy (non-hydrogen) atoms. The van der Waals surface area contributed by atoms with Gasteiger partial charge < -0.3 is 9.64 Å². The van der Waals surface area contributed by atoms with E-state index in [4.69, 9.17) is 16.3 Å². The van der Waals surface area contributed by atoms with Crippen molar-refractivity contribution in [3.05, 3.63) is 70.7 Å². The van der Waals surface area contributed by atoms with Crippen LogP contribution < -0.4 is 0 Å². The highest BCUT2D eigenvalue weighted by atomic mass is 35.5. The Hall–Kier alpha value is -1.88. The van der Waals surface area contributed by atoms with Gasteiger partial charge in [0.15, 0.2) is 0 Å². The molecule has 0 bridgehead atoms. The second-order valence-corrected chi connectivity index (χ2v) is 8.92. The van der Waals surface area contributed by atoms with Gasteiger partial charge in [-0.2, -0.15) is 0 Å². The van der Waals surface area contributed by atoms with E-state index in [1.807, 2.05) is 29.2 Å². The molecule has 0 unspecified atom stereocenters. The number of hydrogen-bond acceptors (Lipinski definition) is 3. The number of halogens is 1. The molecule has 0 radical (unpaired) electrons. The van der Waals surface area contributed by atoms with E-state index in [0.29, 0.717) is 24.7 Å². The maximum Gasteiger partial charge on any atom is 0.228 e. The standard InChI is InChI=1S/C24H29ClN2O2/c1-24(11-13-26(14-12-24)17-19-5-3-2-4-6-19)23(28)27-15-16-29-22(18-27)20-7-9-21(25)10-8-20/h2-10,22H,11-18H2,1H3/t22-/m1/s1. The molecule has 4 rings (SSSR count). The fourth-order valence-electron chi connectivity index (χ4n) is 4.35. The third-order valence-electron chi connectivity index (χ3n) is 6.32. The fraction of sp³-hybridized carbons (Fsp3) is 0.458. The summed E-state index contributed by atoms with van der Waals surface area (Å²) in [5.41, 5.74) is 2.13. The monoisotopic (exact) mass is 412 g/mol. The van der Waals surface area contributed by atoms with E-state index in [2.05, 4.69) is 42.2 Å². The fourth-order valence-corrected chi connectivity index (χ4v) is 4.48. The van der Waals surface area contributed by atoms with E-state index in [1.54, 1.807) is 0 Å². The predicted octanol–water partition coefficient (Wildman–Crippen LogP) is 4.54. The molecule has 1 atom stereocenters. The van der Waals surface area contributed by atoms with Crippen molar-refractivity contribution in [2.24, 2.45) is 5.41 Å². The van der Waals surface area contributed by atoms with Crippen molar-refractivity contribution < 1.29 is 9.53 Å². The summed E-state index contributed by atoms with van der Waals surface area (Å²) in [7, 11) is 0. The van der Waals surface area contributed by atoms with Crippen LogP contribution in [0.5, 0.6) is 0 Å². The van der Waals surface area contributed by atoms with Crippen LogP contribution in [0.2, 0.25) is 5.02 Å². The van der Waals surface area contributed by atoms with E-state index in [-0.39, 0.29) is 17.4 Å². The Kier molecular flexibility index (Phi) is 6.23. The van der Waals surface area contributed by atoms with Crippen LogP contribution in [0.1, 0.15) is 37.0 Å². The topological polar surface area (TPSA) is 32.8 Å². The van der Waals surface area contributed by atoms with E-state index >= 15 is 0 Å². The van der Waals surface area contributed by atoms with Gasteiger partial charge in [0.25, 0.3) is 0 Å². The van der Waals surface area contributed by atoms with E-state index in [1.165, 1.54) is 5.56 Å². The number of ether oxygens (including phenoxy) is 1. The molecule has 2 heterocycles. The van der Waals surface area contributed by atoms with Crippen LogP contribution in [0.3, 0.4) is 0 Å². The zero-order valence-corrected chi connectivity index (χ0v) is 17.8. The molecule has 154 valence electrons.